The number of rotatable bonds is 9. The Morgan fingerprint density at radius 1 is 1.47 bits per heavy atom. The lowest BCUT2D eigenvalue weighted by Crippen LogP contribution is -2.25. The van der Waals surface area contributed by atoms with Crippen molar-refractivity contribution >= 4 is 0 Å². The summed E-state index contributed by atoms with van der Waals surface area (Å²) in [6.07, 6.45) is 4.71. The van der Waals surface area contributed by atoms with Crippen LogP contribution in [0.25, 0.3) is 0 Å². The van der Waals surface area contributed by atoms with Gasteiger partial charge in [0, 0.05) is 24.7 Å². The highest BCUT2D eigenvalue weighted by Crippen LogP contribution is 2.20. The fraction of sp³-hybridized carbons (Fsp3) is 0.733. The molecule has 0 unspecified atom stereocenters. The molecule has 1 heterocycles. The summed E-state index contributed by atoms with van der Waals surface area (Å²) in [7, 11) is 2.12. The van der Waals surface area contributed by atoms with Crippen molar-refractivity contribution in [3.8, 4) is 0 Å². The van der Waals surface area contributed by atoms with E-state index in [9.17, 15) is 0 Å². The molecule has 0 saturated heterocycles. The summed E-state index contributed by atoms with van der Waals surface area (Å²) in [5, 5.41) is 3.49. The van der Waals surface area contributed by atoms with Crippen LogP contribution >= 0.6 is 0 Å². The summed E-state index contributed by atoms with van der Waals surface area (Å²) in [6, 6.07) is 2.79. The van der Waals surface area contributed by atoms with Crippen molar-refractivity contribution in [2.75, 3.05) is 20.2 Å². The monoisotopic (exact) mass is 266 g/mol. The topological polar surface area (TPSA) is 37.6 Å². The molecule has 2 rings (SSSR count). The number of furan rings is 1. The van der Waals surface area contributed by atoms with Crippen molar-refractivity contribution in [2.45, 2.75) is 51.9 Å². The molecule has 0 atom stereocenters. The van der Waals surface area contributed by atoms with E-state index in [2.05, 4.69) is 37.2 Å². The second kappa shape index (κ2) is 7.08. The minimum atomic E-state index is 0.306. The third kappa shape index (κ3) is 5.35. The van der Waals surface area contributed by atoms with Crippen LogP contribution in [0.3, 0.4) is 0 Å². The first-order valence-electron chi connectivity index (χ1n) is 7.24. The molecule has 1 aliphatic rings. The normalized spacial score (nSPS) is 15.6. The average molecular weight is 266 g/mol. The quantitative estimate of drug-likeness (QED) is 0.745. The van der Waals surface area contributed by atoms with Crippen molar-refractivity contribution in [3.05, 3.63) is 23.7 Å². The van der Waals surface area contributed by atoms with E-state index in [1.54, 1.807) is 6.26 Å². The van der Waals surface area contributed by atoms with Gasteiger partial charge in [-0.05, 0) is 39.8 Å². The highest BCUT2D eigenvalue weighted by molar-refractivity contribution is 5.17. The Hall–Kier alpha value is -0.840. The number of nitrogens with one attached hydrogen (secondary N) is 1. The fourth-order valence-electron chi connectivity index (χ4n) is 2.00. The summed E-state index contributed by atoms with van der Waals surface area (Å²) >= 11 is 0. The van der Waals surface area contributed by atoms with Crippen LogP contribution in [0.4, 0.5) is 0 Å². The molecule has 0 spiro atoms. The van der Waals surface area contributed by atoms with E-state index in [0.29, 0.717) is 6.10 Å². The van der Waals surface area contributed by atoms with Crippen LogP contribution in [-0.2, 0) is 17.8 Å². The molecule has 0 aliphatic heterocycles. The third-order valence-electron chi connectivity index (χ3n) is 3.33. The Balaban J connectivity index is 1.72. The maximum absolute atomic E-state index is 5.57. The minimum Gasteiger partial charge on any atom is -0.468 e. The Kier molecular flexibility index (Phi) is 5.43. The van der Waals surface area contributed by atoms with Gasteiger partial charge in [-0.2, -0.15) is 0 Å². The highest BCUT2D eigenvalue weighted by Gasteiger charge is 2.21. The zero-order valence-electron chi connectivity index (χ0n) is 12.3. The van der Waals surface area contributed by atoms with Gasteiger partial charge in [-0.3, -0.25) is 4.90 Å². The standard InChI is InChI=1S/C15H26N2O2/c1-12(2)18-9-7-17(3)11-13-6-8-19-15(13)10-16-14-4-5-14/h6,8,12,14,16H,4-5,7,9-11H2,1-3H3. The highest BCUT2D eigenvalue weighted by atomic mass is 16.5. The first-order chi connectivity index (χ1) is 9.15. The second-order valence-electron chi connectivity index (χ2n) is 5.68. The Bertz CT molecular complexity index is 372. The summed E-state index contributed by atoms with van der Waals surface area (Å²) < 4.78 is 11.1. The molecular weight excluding hydrogens is 240 g/mol. The van der Waals surface area contributed by atoms with Crippen LogP contribution in [0.1, 0.15) is 38.0 Å². The van der Waals surface area contributed by atoms with Gasteiger partial charge in [0.2, 0.25) is 0 Å². The predicted molar refractivity (Wildman–Crippen MR) is 76.0 cm³/mol. The molecule has 0 aromatic carbocycles. The molecule has 1 fully saturated rings. The van der Waals surface area contributed by atoms with Gasteiger partial charge < -0.3 is 14.5 Å². The fourth-order valence-corrected chi connectivity index (χ4v) is 2.00. The van der Waals surface area contributed by atoms with Crippen molar-refractivity contribution in [1.29, 1.82) is 0 Å². The van der Waals surface area contributed by atoms with Gasteiger partial charge in [-0.25, -0.2) is 0 Å². The summed E-state index contributed by atoms with van der Waals surface area (Å²) in [5.41, 5.74) is 1.28. The zero-order chi connectivity index (χ0) is 13.7. The van der Waals surface area contributed by atoms with Gasteiger partial charge in [0.25, 0.3) is 0 Å². The predicted octanol–water partition coefficient (Wildman–Crippen LogP) is 2.39. The van der Waals surface area contributed by atoms with Crippen LogP contribution in [0.15, 0.2) is 16.7 Å². The Morgan fingerprint density at radius 3 is 2.95 bits per heavy atom. The number of hydrogen-bond donors (Lipinski definition) is 1. The molecule has 108 valence electrons. The van der Waals surface area contributed by atoms with Crippen molar-refractivity contribution in [2.24, 2.45) is 0 Å². The minimum absolute atomic E-state index is 0.306. The lowest BCUT2D eigenvalue weighted by Gasteiger charge is -2.17. The van der Waals surface area contributed by atoms with Crippen LogP contribution in [-0.4, -0.2) is 37.2 Å². The van der Waals surface area contributed by atoms with Gasteiger partial charge in [-0.1, -0.05) is 0 Å². The summed E-state index contributed by atoms with van der Waals surface area (Å²) in [5.74, 6) is 1.07. The first-order valence-corrected chi connectivity index (χ1v) is 7.24. The van der Waals surface area contributed by atoms with E-state index >= 15 is 0 Å². The molecule has 1 aromatic heterocycles. The number of nitrogens with zero attached hydrogens (tertiary/aromatic N) is 1. The van der Waals surface area contributed by atoms with Crippen LogP contribution in [0.5, 0.6) is 0 Å². The largest absolute Gasteiger partial charge is 0.468 e. The van der Waals surface area contributed by atoms with E-state index in [-0.39, 0.29) is 0 Å². The molecule has 1 aromatic rings. The molecule has 0 amide bonds. The van der Waals surface area contributed by atoms with E-state index < -0.39 is 0 Å². The van der Waals surface area contributed by atoms with E-state index in [1.165, 1.54) is 18.4 Å². The third-order valence-corrected chi connectivity index (χ3v) is 3.33. The van der Waals surface area contributed by atoms with Gasteiger partial charge in [-0.15, -0.1) is 0 Å². The smallest absolute Gasteiger partial charge is 0.122 e. The maximum Gasteiger partial charge on any atom is 0.122 e. The van der Waals surface area contributed by atoms with Crippen LogP contribution < -0.4 is 5.32 Å². The maximum atomic E-state index is 5.57. The van der Waals surface area contributed by atoms with Crippen LogP contribution in [0, 0.1) is 0 Å². The van der Waals surface area contributed by atoms with E-state index in [1.807, 2.05) is 0 Å². The number of likely N-dealkylation sites (N-methyl/N-ethyl adjacent to an activating group) is 1. The van der Waals surface area contributed by atoms with Gasteiger partial charge in [0.1, 0.15) is 5.76 Å². The summed E-state index contributed by atoms with van der Waals surface area (Å²) in [4.78, 5) is 2.27. The van der Waals surface area contributed by atoms with E-state index in [0.717, 1.165) is 38.0 Å². The van der Waals surface area contributed by atoms with Gasteiger partial charge in [0.05, 0.1) is 25.5 Å². The molecule has 1 saturated carbocycles. The number of hydrogen-bond acceptors (Lipinski definition) is 4. The molecule has 0 bridgehead atoms. The van der Waals surface area contributed by atoms with Gasteiger partial charge >= 0.3 is 0 Å². The van der Waals surface area contributed by atoms with Crippen LogP contribution in [0.2, 0.25) is 0 Å². The Morgan fingerprint density at radius 2 is 2.26 bits per heavy atom. The zero-order valence-corrected chi connectivity index (χ0v) is 12.3. The van der Waals surface area contributed by atoms with Crippen molar-refractivity contribution < 1.29 is 9.15 Å². The van der Waals surface area contributed by atoms with Crippen molar-refractivity contribution in [3.63, 3.8) is 0 Å². The first kappa shape index (κ1) is 14.6. The summed E-state index contributed by atoms with van der Waals surface area (Å²) in [6.45, 7) is 7.62. The SMILES string of the molecule is CC(C)OCCN(C)Cc1ccoc1CNC1CC1. The lowest BCUT2D eigenvalue weighted by atomic mass is 10.2. The van der Waals surface area contributed by atoms with Gasteiger partial charge in [0.15, 0.2) is 0 Å². The molecule has 0 radical (unpaired) electrons. The lowest BCUT2D eigenvalue weighted by molar-refractivity contribution is 0.0626. The molecular formula is C15H26N2O2. The Labute approximate surface area is 116 Å². The second-order valence-corrected chi connectivity index (χ2v) is 5.68. The molecule has 1 N–H and O–H groups in total. The molecule has 4 nitrogen and oxygen atoms in total. The molecule has 4 heteroatoms. The van der Waals surface area contributed by atoms with Crippen molar-refractivity contribution in [1.82, 2.24) is 10.2 Å². The average Bonchev–Trinajstić information content (AvgIpc) is 3.08. The number of ether oxygens (including phenoxy) is 1. The molecule has 1 aliphatic carbocycles. The molecule has 19 heavy (non-hydrogen) atoms. The van der Waals surface area contributed by atoms with E-state index in [4.69, 9.17) is 9.15 Å².